The van der Waals surface area contributed by atoms with Crippen molar-refractivity contribution in [3.05, 3.63) is 84.4 Å². The van der Waals surface area contributed by atoms with Crippen LogP contribution in [0.3, 0.4) is 0 Å². The van der Waals surface area contributed by atoms with Crippen LogP contribution in [-0.4, -0.2) is 53.7 Å². The molecule has 0 aliphatic rings. The zero-order chi connectivity index (χ0) is 29.9. The Hall–Kier alpha value is -5.58. The molecule has 0 atom stereocenters. The van der Waals surface area contributed by atoms with Gasteiger partial charge in [0.15, 0.2) is 29.6 Å². The highest BCUT2D eigenvalue weighted by atomic mass is 16.6. The lowest BCUT2D eigenvalue weighted by atomic mass is 9.99. The van der Waals surface area contributed by atoms with Gasteiger partial charge in [-0.3, -0.25) is 0 Å². The number of methoxy groups -OCH3 is 4. The highest BCUT2D eigenvalue weighted by Crippen LogP contribution is 2.42. The van der Waals surface area contributed by atoms with Gasteiger partial charge in [-0.15, -0.1) is 5.10 Å². The van der Waals surface area contributed by atoms with Gasteiger partial charge >= 0.3 is 0 Å². The third-order valence-electron chi connectivity index (χ3n) is 7.00. The van der Waals surface area contributed by atoms with Crippen LogP contribution >= 0.6 is 0 Å². The predicted octanol–water partition coefficient (Wildman–Crippen LogP) is 6.18. The van der Waals surface area contributed by atoms with Crippen LogP contribution in [0.15, 0.2) is 82.6 Å². The van der Waals surface area contributed by atoms with E-state index < -0.39 is 0 Å². The third-order valence-corrected chi connectivity index (χ3v) is 7.00. The molecule has 0 bridgehead atoms. The standard InChI is InChI=1S/C32H29N5O6/c1-19(22-10-15-25(40-4)26(16-22)41-5)36-42-17-27-34-31-29-28(20-6-11-23(38-2)12-7-20)30(21-8-13-24(39-3)14-9-21)43-32(29)33-18-37(31)35-27/h6-16,18H,17H2,1-5H3/b36-19+. The monoisotopic (exact) mass is 579 g/mol. The zero-order valence-corrected chi connectivity index (χ0v) is 24.3. The van der Waals surface area contributed by atoms with E-state index in [0.717, 1.165) is 39.1 Å². The molecule has 0 saturated heterocycles. The SMILES string of the molecule is COc1ccc(-c2oc3ncn4nc(CO/N=C(\C)c5ccc(OC)c(OC)c5)nc4c3c2-c2ccc(OC)cc2)cc1. The Morgan fingerprint density at radius 3 is 2.14 bits per heavy atom. The molecular formula is C32H29N5O6. The first-order chi connectivity index (χ1) is 21.0. The Morgan fingerprint density at radius 2 is 1.49 bits per heavy atom. The van der Waals surface area contributed by atoms with Crippen LogP contribution in [0.25, 0.3) is 39.2 Å². The van der Waals surface area contributed by atoms with Crippen molar-refractivity contribution in [3.63, 3.8) is 0 Å². The van der Waals surface area contributed by atoms with Crippen LogP contribution in [0.2, 0.25) is 0 Å². The molecule has 0 aliphatic heterocycles. The maximum Gasteiger partial charge on any atom is 0.232 e. The number of hydrogen-bond donors (Lipinski definition) is 0. The second-order valence-corrected chi connectivity index (χ2v) is 9.50. The quantitative estimate of drug-likeness (QED) is 0.139. The molecule has 3 aromatic carbocycles. The average Bonchev–Trinajstić information content (AvgIpc) is 3.66. The first kappa shape index (κ1) is 27.6. The maximum atomic E-state index is 6.35. The molecule has 6 aromatic rings. The summed E-state index contributed by atoms with van der Waals surface area (Å²) in [4.78, 5) is 15.0. The fourth-order valence-electron chi connectivity index (χ4n) is 4.78. The molecule has 3 aromatic heterocycles. The normalized spacial score (nSPS) is 11.6. The van der Waals surface area contributed by atoms with Crippen LogP contribution in [-0.2, 0) is 11.4 Å². The van der Waals surface area contributed by atoms with Gasteiger partial charge < -0.3 is 28.2 Å². The fraction of sp³-hybridized carbons (Fsp3) is 0.188. The van der Waals surface area contributed by atoms with Crippen LogP contribution in [0.4, 0.5) is 0 Å². The van der Waals surface area contributed by atoms with Crippen LogP contribution in [0.1, 0.15) is 18.3 Å². The summed E-state index contributed by atoms with van der Waals surface area (Å²) in [6, 6.07) is 21.0. The van der Waals surface area contributed by atoms with Crippen molar-refractivity contribution >= 4 is 22.5 Å². The zero-order valence-electron chi connectivity index (χ0n) is 24.3. The second kappa shape index (κ2) is 11.7. The van der Waals surface area contributed by atoms with E-state index in [1.54, 1.807) is 39.3 Å². The minimum Gasteiger partial charge on any atom is -0.497 e. The molecule has 0 radical (unpaired) electrons. The molecule has 0 fully saturated rings. The number of oxime groups is 1. The number of hydrogen-bond acceptors (Lipinski definition) is 10. The Morgan fingerprint density at radius 1 is 0.814 bits per heavy atom. The van der Waals surface area contributed by atoms with Gasteiger partial charge in [-0.1, -0.05) is 17.3 Å². The molecular weight excluding hydrogens is 550 g/mol. The lowest BCUT2D eigenvalue weighted by molar-refractivity contribution is 0.125. The number of ether oxygens (including phenoxy) is 4. The van der Waals surface area contributed by atoms with Gasteiger partial charge in [-0.05, 0) is 67.1 Å². The molecule has 218 valence electrons. The summed E-state index contributed by atoms with van der Waals surface area (Å²) in [6.07, 6.45) is 1.57. The molecule has 0 N–H and O–H groups in total. The molecule has 0 spiro atoms. The van der Waals surface area contributed by atoms with E-state index >= 15 is 0 Å². The van der Waals surface area contributed by atoms with Gasteiger partial charge in [0, 0.05) is 16.7 Å². The topological polar surface area (TPSA) is 115 Å². The van der Waals surface area contributed by atoms with E-state index in [1.807, 2.05) is 73.7 Å². The van der Waals surface area contributed by atoms with Crippen molar-refractivity contribution in [1.82, 2.24) is 19.6 Å². The lowest BCUT2D eigenvalue weighted by Gasteiger charge is -2.09. The van der Waals surface area contributed by atoms with E-state index in [9.17, 15) is 0 Å². The largest absolute Gasteiger partial charge is 0.497 e. The maximum absolute atomic E-state index is 6.35. The predicted molar refractivity (Wildman–Crippen MR) is 161 cm³/mol. The van der Waals surface area contributed by atoms with Crippen molar-refractivity contribution < 1.29 is 28.2 Å². The van der Waals surface area contributed by atoms with E-state index in [1.165, 1.54) is 0 Å². The van der Waals surface area contributed by atoms with Gasteiger partial charge in [-0.25, -0.2) is 14.5 Å². The smallest absolute Gasteiger partial charge is 0.232 e. The summed E-state index contributed by atoms with van der Waals surface area (Å²) in [7, 11) is 6.45. The van der Waals surface area contributed by atoms with Crippen LogP contribution in [0.5, 0.6) is 23.0 Å². The number of aromatic nitrogens is 4. The highest BCUT2D eigenvalue weighted by molar-refractivity contribution is 6.07. The van der Waals surface area contributed by atoms with Crippen molar-refractivity contribution in [2.24, 2.45) is 5.16 Å². The average molecular weight is 580 g/mol. The molecule has 0 unspecified atom stereocenters. The summed E-state index contributed by atoms with van der Waals surface area (Å²) in [6.45, 7) is 1.90. The first-order valence-electron chi connectivity index (χ1n) is 13.4. The number of fused-ring (bicyclic) bond motifs is 3. The van der Waals surface area contributed by atoms with E-state index in [-0.39, 0.29) is 6.61 Å². The molecule has 0 amide bonds. The summed E-state index contributed by atoms with van der Waals surface area (Å²) in [5.41, 5.74) is 5.13. The Kier molecular flexibility index (Phi) is 7.52. The van der Waals surface area contributed by atoms with Crippen LogP contribution < -0.4 is 18.9 Å². The van der Waals surface area contributed by atoms with Crippen molar-refractivity contribution in [3.8, 4) is 45.4 Å². The van der Waals surface area contributed by atoms with E-state index in [0.29, 0.717) is 40.2 Å². The van der Waals surface area contributed by atoms with Crippen molar-refractivity contribution in [2.75, 3.05) is 28.4 Å². The first-order valence-corrected chi connectivity index (χ1v) is 13.4. The summed E-state index contributed by atoms with van der Waals surface area (Å²) in [5, 5.41) is 9.57. The Bertz CT molecular complexity index is 1930. The summed E-state index contributed by atoms with van der Waals surface area (Å²) < 4.78 is 29.4. The van der Waals surface area contributed by atoms with Gasteiger partial charge in [0.1, 0.15) is 23.6 Å². The molecule has 11 heteroatoms. The molecule has 0 saturated carbocycles. The van der Waals surface area contributed by atoms with E-state index in [4.69, 9.17) is 33.2 Å². The number of furan rings is 1. The summed E-state index contributed by atoms with van der Waals surface area (Å²) in [5.74, 6) is 3.83. The summed E-state index contributed by atoms with van der Waals surface area (Å²) >= 11 is 0. The van der Waals surface area contributed by atoms with Gasteiger partial charge in [0.2, 0.25) is 5.71 Å². The Labute approximate surface area is 247 Å². The Balaban J connectivity index is 1.37. The van der Waals surface area contributed by atoms with Gasteiger partial charge in [0.05, 0.1) is 39.5 Å². The number of rotatable bonds is 10. The molecule has 0 aliphatic carbocycles. The van der Waals surface area contributed by atoms with Crippen molar-refractivity contribution in [1.29, 1.82) is 0 Å². The van der Waals surface area contributed by atoms with Gasteiger partial charge in [-0.2, -0.15) is 0 Å². The molecule has 11 nitrogen and oxygen atoms in total. The van der Waals surface area contributed by atoms with Gasteiger partial charge in [0.25, 0.3) is 0 Å². The minimum atomic E-state index is 0.0505. The third kappa shape index (κ3) is 5.28. The van der Waals surface area contributed by atoms with Crippen LogP contribution in [0, 0.1) is 0 Å². The van der Waals surface area contributed by atoms with Crippen molar-refractivity contribution in [2.45, 2.75) is 13.5 Å². The molecule has 3 heterocycles. The number of nitrogens with zero attached hydrogens (tertiary/aromatic N) is 5. The lowest BCUT2D eigenvalue weighted by Crippen LogP contribution is -1.99. The molecule has 6 rings (SSSR count). The molecule has 43 heavy (non-hydrogen) atoms. The minimum absolute atomic E-state index is 0.0505. The highest BCUT2D eigenvalue weighted by Gasteiger charge is 2.23. The van der Waals surface area contributed by atoms with E-state index in [2.05, 4.69) is 15.2 Å². The second-order valence-electron chi connectivity index (χ2n) is 9.50. The fourth-order valence-corrected chi connectivity index (χ4v) is 4.78. The number of benzene rings is 3.